The minimum absolute atomic E-state index is 0.209. The fraction of sp³-hybridized carbons (Fsp3) is 0.300. The Morgan fingerprint density at radius 3 is 2.67 bits per heavy atom. The Labute approximate surface area is 162 Å². The van der Waals surface area contributed by atoms with Crippen LogP contribution in [0.4, 0.5) is 5.69 Å². The molecular formula is C20H20ClNO5. The smallest absolute Gasteiger partial charge is 0.313 e. The van der Waals surface area contributed by atoms with E-state index in [2.05, 4.69) is 5.32 Å². The molecule has 2 aromatic carbocycles. The average molecular weight is 390 g/mol. The van der Waals surface area contributed by atoms with Crippen molar-refractivity contribution in [3.63, 3.8) is 0 Å². The van der Waals surface area contributed by atoms with Gasteiger partial charge in [0, 0.05) is 10.7 Å². The topological polar surface area (TPSA) is 73.9 Å². The molecule has 3 rings (SSSR count). The van der Waals surface area contributed by atoms with Gasteiger partial charge in [-0.3, -0.25) is 9.59 Å². The van der Waals surface area contributed by atoms with Crippen molar-refractivity contribution in [1.29, 1.82) is 0 Å². The van der Waals surface area contributed by atoms with Crippen LogP contribution < -0.4 is 14.8 Å². The van der Waals surface area contributed by atoms with Crippen molar-refractivity contribution < 1.29 is 23.8 Å². The summed E-state index contributed by atoms with van der Waals surface area (Å²) in [6.07, 6.45) is -0.470. The molecule has 0 aliphatic carbocycles. The second-order valence-corrected chi connectivity index (χ2v) is 6.70. The van der Waals surface area contributed by atoms with E-state index in [0.29, 0.717) is 28.6 Å². The van der Waals surface area contributed by atoms with Crippen molar-refractivity contribution in [2.45, 2.75) is 19.4 Å². The van der Waals surface area contributed by atoms with Gasteiger partial charge in [-0.15, -0.1) is 0 Å². The normalized spacial score (nSPS) is 16.5. The number of ether oxygens (including phenoxy) is 3. The number of amides is 1. The van der Waals surface area contributed by atoms with Gasteiger partial charge in [0.2, 0.25) is 0 Å². The lowest BCUT2D eigenvalue weighted by Gasteiger charge is -2.25. The molecular weight excluding hydrogens is 370 g/mol. The monoisotopic (exact) mass is 389 g/mol. The zero-order valence-electron chi connectivity index (χ0n) is 15.0. The van der Waals surface area contributed by atoms with Crippen molar-refractivity contribution >= 4 is 29.2 Å². The van der Waals surface area contributed by atoms with Gasteiger partial charge in [-0.05, 0) is 61.4 Å². The summed E-state index contributed by atoms with van der Waals surface area (Å²) in [7, 11) is 1.57. The molecule has 6 nitrogen and oxygen atoms in total. The molecule has 0 aromatic heterocycles. The van der Waals surface area contributed by atoms with E-state index < -0.39 is 23.9 Å². The number of anilines is 1. The zero-order chi connectivity index (χ0) is 19.4. The third-order valence-electron chi connectivity index (χ3n) is 4.28. The summed E-state index contributed by atoms with van der Waals surface area (Å²) in [6, 6.07) is 12.2. The Balaban J connectivity index is 1.56. The van der Waals surface area contributed by atoms with E-state index in [1.807, 2.05) is 0 Å². The second kappa shape index (κ2) is 8.31. The molecule has 2 aromatic rings. The van der Waals surface area contributed by atoms with Crippen molar-refractivity contribution in [2.24, 2.45) is 5.92 Å². The SMILES string of the molecule is COc1ccc(NC(=O)C(C)OC(=O)C2COc3ccc(Cl)cc3C2)cc1. The van der Waals surface area contributed by atoms with Crippen LogP contribution in [0.1, 0.15) is 12.5 Å². The quantitative estimate of drug-likeness (QED) is 0.792. The van der Waals surface area contributed by atoms with Gasteiger partial charge in [0.1, 0.15) is 18.1 Å². The first kappa shape index (κ1) is 19.0. The van der Waals surface area contributed by atoms with E-state index >= 15 is 0 Å². The first-order chi connectivity index (χ1) is 13.0. The number of fused-ring (bicyclic) bond motifs is 1. The summed E-state index contributed by atoms with van der Waals surface area (Å²) >= 11 is 5.99. The number of hydrogen-bond acceptors (Lipinski definition) is 5. The molecule has 1 aliphatic heterocycles. The van der Waals surface area contributed by atoms with Crippen LogP contribution in [0.2, 0.25) is 5.02 Å². The van der Waals surface area contributed by atoms with E-state index in [0.717, 1.165) is 5.56 Å². The molecule has 1 amide bonds. The molecule has 1 aliphatic rings. The molecule has 0 saturated heterocycles. The van der Waals surface area contributed by atoms with E-state index in [-0.39, 0.29) is 6.61 Å². The maximum absolute atomic E-state index is 12.4. The lowest BCUT2D eigenvalue weighted by Crippen LogP contribution is -2.36. The number of hydrogen-bond donors (Lipinski definition) is 1. The predicted octanol–water partition coefficient (Wildman–Crippen LogP) is 3.47. The lowest BCUT2D eigenvalue weighted by molar-refractivity contribution is -0.158. The number of benzene rings is 2. The van der Waals surface area contributed by atoms with Gasteiger partial charge >= 0.3 is 5.97 Å². The van der Waals surface area contributed by atoms with E-state index in [1.165, 1.54) is 6.92 Å². The molecule has 2 atom stereocenters. The summed E-state index contributed by atoms with van der Waals surface area (Å²) in [5, 5.41) is 3.29. The predicted molar refractivity (Wildman–Crippen MR) is 101 cm³/mol. The van der Waals surface area contributed by atoms with Crippen LogP contribution in [0.15, 0.2) is 42.5 Å². The van der Waals surface area contributed by atoms with Crippen molar-refractivity contribution in [2.75, 3.05) is 19.0 Å². The van der Waals surface area contributed by atoms with Crippen molar-refractivity contribution in [3.05, 3.63) is 53.1 Å². The standard InChI is InChI=1S/C20H20ClNO5/c1-12(19(23)22-16-4-6-17(25-2)7-5-16)27-20(24)14-9-13-10-15(21)3-8-18(13)26-11-14/h3-8,10,12,14H,9,11H2,1-2H3,(H,22,23). The Bertz CT molecular complexity index is 837. The summed E-state index contributed by atoms with van der Waals surface area (Å²) in [5.41, 5.74) is 1.44. The summed E-state index contributed by atoms with van der Waals surface area (Å²) < 4.78 is 16.0. The fourth-order valence-electron chi connectivity index (χ4n) is 2.76. The van der Waals surface area contributed by atoms with Crippen LogP contribution >= 0.6 is 11.6 Å². The van der Waals surface area contributed by atoms with Crippen LogP contribution in [0.5, 0.6) is 11.5 Å². The zero-order valence-corrected chi connectivity index (χ0v) is 15.8. The molecule has 7 heteroatoms. The highest BCUT2D eigenvalue weighted by molar-refractivity contribution is 6.30. The second-order valence-electron chi connectivity index (χ2n) is 6.26. The highest BCUT2D eigenvalue weighted by Gasteiger charge is 2.30. The van der Waals surface area contributed by atoms with E-state index in [4.69, 9.17) is 25.8 Å². The van der Waals surface area contributed by atoms with Gasteiger partial charge in [-0.25, -0.2) is 0 Å². The van der Waals surface area contributed by atoms with Crippen LogP contribution in [-0.2, 0) is 20.7 Å². The highest BCUT2D eigenvalue weighted by Crippen LogP contribution is 2.30. The van der Waals surface area contributed by atoms with E-state index in [1.54, 1.807) is 49.6 Å². The Hall–Kier alpha value is -2.73. The number of halogens is 1. The average Bonchev–Trinajstić information content (AvgIpc) is 2.67. The molecule has 0 saturated carbocycles. The molecule has 2 unspecified atom stereocenters. The number of carbonyl (C=O) groups is 2. The van der Waals surface area contributed by atoms with Gasteiger partial charge in [0.05, 0.1) is 13.0 Å². The van der Waals surface area contributed by atoms with E-state index in [9.17, 15) is 9.59 Å². The molecule has 1 N–H and O–H groups in total. The third kappa shape index (κ3) is 4.71. The molecule has 0 bridgehead atoms. The lowest BCUT2D eigenvalue weighted by atomic mass is 9.97. The summed E-state index contributed by atoms with van der Waals surface area (Å²) in [5.74, 6) is 0.0396. The largest absolute Gasteiger partial charge is 0.497 e. The van der Waals surface area contributed by atoms with Crippen LogP contribution in [-0.4, -0.2) is 31.7 Å². The molecule has 1 heterocycles. The third-order valence-corrected chi connectivity index (χ3v) is 4.52. The van der Waals surface area contributed by atoms with Gasteiger partial charge in [-0.1, -0.05) is 11.6 Å². The molecule has 0 fully saturated rings. The van der Waals surface area contributed by atoms with Crippen LogP contribution in [0.25, 0.3) is 0 Å². The number of nitrogens with one attached hydrogen (secondary N) is 1. The van der Waals surface area contributed by atoms with Gasteiger partial charge < -0.3 is 19.5 Å². The fourth-order valence-corrected chi connectivity index (χ4v) is 2.95. The number of methoxy groups -OCH3 is 1. The number of rotatable bonds is 5. The molecule has 0 spiro atoms. The first-order valence-corrected chi connectivity index (χ1v) is 8.90. The Morgan fingerprint density at radius 1 is 1.22 bits per heavy atom. The van der Waals surface area contributed by atoms with Crippen molar-refractivity contribution in [1.82, 2.24) is 0 Å². The maximum Gasteiger partial charge on any atom is 0.313 e. The highest BCUT2D eigenvalue weighted by atomic mass is 35.5. The first-order valence-electron chi connectivity index (χ1n) is 8.53. The maximum atomic E-state index is 12.4. The van der Waals surface area contributed by atoms with Gasteiger partial charge in [0.25, 0.3) is 5.91 Å². The minimum atomic E-state index is -0.930. The number of esters is 1. The Kier molecular flexibility index (Phi) is 5.86. The molecule has 27 heavy (non-hydrogen) atoms. The molecule has 142 valence electrons. The minimum Gasteiger partial charge on any atom is -0.497 e. The van der Waals surface area contributed by atoms with Gasteiger partial charge in [-0.2, -0.15) is 0 Å². The number of carbonyl (C=O) groups excluding carboxylic acids is 2. The molecule has 0 radical (unpaired) electrons. The van der Waals surface area contributed by atoms with Crippen LogP contribution in [0.3, 0.4) is 0 Å². The van der Waals surface area contributed by atoms with Crippen molar-refractivity contribution in [3.8, 4) is 11.5 Å². The Morgan fingerprint density at radius 2 is 1.96 bits per heavy atom. The summed E-state index contributed by atoms with van der Waals surface area (Å²) in [4.78, 5) is 24.7. The van der Waals surface area contributed by atoms with Gasteiger partial charge in [0.15, 0.2) is 6.10 Å². The van der Waals surface area contributed by atoms with Crippen LogP contribution in [0, 0.1) is 5.92 Å². The summed E-state index contributed by atoms with van der Waals surface area (Å²) in [6.45, 7) is 1.74.